The van der Waals surface area contributed by atoms with Crippen LogP contribution in [0.3, 0.4) is 0 Å². The highest BCUT2D eigenvalue weighted by molar-refractivity contribution is 5.78. The molecular weight excluding hydrogens is 462 g/mol. The van der Waals surface area contributed by atoms with E-state index in [4.69, 9.17) is 18.9 Å². The Morgan fingerprint density at radius 1 is 0.778 bits per heavy atom. The summed E-state index contributed by atoms with van der Waals surface area (Å²) >= 11 is 0. The molecule has 1 heterocycles. The summed E-state index contributed by atoms with van der Waals surface area (Å²) in [6, 6.07) is 0. The van der Waals surface area contributed by atoms with Gasteiger partial charge in [-0.2, -0.15) is 0 Å². The summed E-state index contributed by atoms with van der Waals surface area (Å²) in [5.74, 6) is -1.65. The zero-order chi connectivity index (χ0) is 26.5. The first-order chi connectivity index (χ1) is 17.3. The maximum atomic E-state index is 11.9. The SMILES string of the molecule is CCCCCCCCCCCCCCCC(=O)NCCOC(=O)CCC(=O)OCC1COC(C)(C)O1. The van der Waals surface area contributed by atoms with Gasteiger partial charge in [0.05, 0.1) is 26.0 Å². The molecule has 0 radical (unpaired) electrons. The number of ether oxygens (including phenoxy) is 4. The number of carbonyl (C=O) groups excluding carboxylic acids is 3. The first kappa shape index (κ1) is 32.4. The smallest absolute Gasteiger partial charge is 0.306 e. The summed E-state index contributed by atoms with van der Waals surface area (Å²) < 4.78 is 21.1. The van der Waals surface area contributed by atoms with Gasteiger partial charge in [0, 0.05) is 6.42 Å². The molecule has 0 spiro atoms. The van der Waals surface area contributed by atoms with E-state index in [0.29, 0.717) is 13.0 Å². The predicted octanol–water partition coefficient (Wildman–Crippen LogP) is 5.60. The third-order valence-corrected chi connectivity index (χ3v) is 6.23. The zero-order valence-electron chi connectivity index (χ0n) is 23.1. The van der Waals surface area contributed by atoms with Gasteiger partial charge in [-0.25, -0.2) is 0 Å². The van der Waals surface area contributed by atoms with Crippen molar-refractivity contribution in [1.82, 2.24) is 5.32 Å². The van der Waals surface area contributed by atoms with Crippen molar-refractivity contribution in [3.8, 4) is 0 Å². The quantitative estimate of drug-likeness (QED) is 0.148. The summed E-state index contributed by atoms with van der Waals surface area (Å²) in [5, 5.41) is 2.77. The molecule has 1 rings (SSSR count). The number of nitrogens with one attached hydrogen (secondary N) is 1. The molecule has 1 fully saturated rings. The lowest BCUT2D eigenvalue weighted by atomic mass is 10.0. The minimum atomic E-state index is -0.664. The van der Waals surface area contributed by atoms with Crippen molar-refractivity contribution >= 4 is 17.8 Å². The molecule has 210 valence electrons. The van der Waals surface area contributed by atoms with Crippen LogP contribution in [0.2, 0.25) is 0 Å². The van der Waals surface area contributed by atoms with E-state index in [1.165, 1.54) is 70.6 Å². The molecule has 8 heteroatoms. The van der Waals surface area contributed by atoms with E-state index in [9.17, 15) is 14.4 Å². The van der Waals surface area contributed by atoms with Crippen LogP contribution in [-0.4, -0.2) is 56.1 Å². The van der Waals surface area contributed by atoms with Crippen LogP contribution in [0.5, 0.6) is 0 Å². The predicted molar refractivity (Wildman–Crippen MR) is 139 cm³/mol. The second kappa shape index (κ2) is 20.4. The molecule has 0 aromatic carbocycles. The van der Waals surface area contributed by atoms with Crippen LogP contribution < -0.4 is 5.32 Å². The standard InChI is InChI=1S/C28H51NO7/c1-4-5-6-7-8-9-10-11-12-13-14-15-16-17-25(30)29-20-21-33-26(31)18-19-27(32)34-22-24-23-35-28(2,3)36-24/h24H,4-23H2,1-3H3,(H,29,30). The van der Waals surface area contributed by atoms with Gasteiger partial charge in [-0.3, -0.25) is 14.4 Å². The van der Waals surface area contributed by atoms with Gasteiger partial charge < -0.3 is 24.3 Å². The van der Waals surface area contributed by atoms with Crippen molar-refractivity contribution in [2.24, 2.45) is 0 Å². The molecule has 1 saturated heterocycles. The van der Waals surface area contributed by atoms with Gasteiger partial charge in [0.15, 0.2) is 5.79 Å². The number of amides is 1. The summed E-state index contributed by atoms with van der Waals surface area (Å²) in [6.07, 6.45) is 16.7. The van der Waals surface area contributed by atoms with Gasteiger partial charge >= 0.3 is 11.9 Å². The molecule has 0 aromatic heterocycles. The molecule has 1 unspecified atom stereocenters. The number of unbranched alkanes of at least 4 members (excludes halogenated alkanes) is 12. The Kier molecular flexibility index (Phi) is 18.3. The topological polar surface area (TPSA) is 100 Å². The van der Waals surface area contributed by atoms with Crippen LogP contribution in [0, 0.1) is 0 Å². The molecule has 1 atom stereocenters. The molecule has 8 nitrogen and oxygen atoms in total. The van der Waals surface area contributed by atoms with E-state index in [1.807, 2.05) is 0 Å². The summed E-state index contributed by atoms with van der Waals surface area (Å²) in [6.45, 7) is 6.70. The average Bonchev–Trinajstić information content (AvgIpc) is 3.20. The second-order valence-corrected chi connectivity index (χ2v) is 10.2. The van der Waals surface area contributed by atoms with Crippen molar-refractivity contribution in [2.45, 2.75) is 135 Å². The summed E-state index contributed by atoms with van der Waals surface area (Å²) in [5.41, 5.74) is 0. The highest BCUT2D eigenvalue weighted by Gasteiger charge is 2.33. The zero-order valence-corrected chi connectivity index (χ0v) is 23.1. The number of rotatable bonds is 22. The van der Waals surface area contributed by atoms with Gasteiger partial charge in [-0.1, -0.05) is 84.0 Å². The lowest BCUT2D eigenvalue weighted by Crippen LogP contribution is -2.28. The maximum absolute atomic E-state index is 11.9. The minimum absolute atomic E-state index is 0.0148. The van der Waals surface area contributed by atoms with Crippen LogP contribution >= 0.6 is 0 Å². The largest absolute Gasteiger partial charge is 0.464 e. The molecule has 1 amide bonds. The summed E-state index contributed by atoms with van der Waals surface area (Å²) in [7, 11) is 0. The van der Waals surface area contributed by atoms with Crippen LogP contribution in [0.1, 0.15) is 124 Å². The van der Waals surface area contributed by atoms with Crippen molar-refractivity contribution < 1.29 is 33.3 Å². The van der Waals surface area contributed by atoms with Crippen LogP contribution in [0.15, 0.2) is 0 Å². The number of hydrogen-bond acceptors (Lipinski definition) is 7. The maximum Gasteiger partial charge on any atom is 0.306 e. The van der Waals surface area contributed by atoms with Gasteiger partial charge in [0.25, 0.3) is 0 Å². The third-order valence-electron chi connectivity index (χ3n) is 6.23. The first-order valence-corrected chi connectivity index (χ1v) is 14.2. The molecule has 1 aliphatic heterocycles. The molecule has 0 aromatic rings. The van der Waals surface area contributed by atoms with Crippen LogP contribution in [0.4, 0.5) is 0 Å². The van der Waals surface area contributed by atoms with Gasteiger partial charge in [-0.05, 0) is 20.3 Å². The molecule has 36 heavy (non-hydrogen) atoms. The van der Waals surface area contributed by atoms with E-state index < -0.39 is 17.7 Å². The van der Waals surface area contributed by atoms with E-state index in [0.717, 1.165) is 12.8 Å². The van der Waals surface area contributed by atoms with Gasteiger partial charge in [0.2, 0.25) is 5.91 Å². The molecule has 0 saturated carbocycles. The van der Waals surface area contributed by atoms with Crippen LogP contribution in [-0.2, 0) is 33.3 Å². The van der Waals surface area contributed by atoms with Crippen molar-refractivity contribution in [1.29, 1.82) is 0 Å². The Morgan fingerprint density at radius 2 is 1.31 bits per heavy atom. The normalized spacial score (nSPS) is 16.6. The number of carbonyl (C=O) groups is 3. The highest BCUT2D eigenvalue weighted by atomic mass is 16.7. The van der Waals surface area contributed by atoms with Gasteiger partial charge in [-0.15, -0.1) is 0 Å². The molecule has 0 bridgehead atoms. The van der Waals surface area contributed by atoms with E-state index in [-0.39, 0.29) is 44.6 Å². The fourth-order valence-electron chi connectivity index (χ4n) is 4.13. The summed E-state index contributed by atoms with van der Waals surface area (Å²) in [4.78, 5) is 35.4. The average molecular weight is 514 g/mol. The molecular formula is C28H51NO7. The van der Waals surface area contributed by atoms with Crippen molar-refractivity contribution in [3.05, 3.63) is 0 Å². The van der Waals surface area contributed by atoms with Crippen LogP contribution in [0.25, 0.3) is 0 Å². The lowest BCUT2D eigenvalue weighted by molar-refractivity contribution is -0.159. The number of hydrogen-bond donors (Lipinski definition) is 1. The Bertz CT molecular complexity index is 609. The van der Waals surface area contributed by atoms with E-state index in [1.54, 1.807) is 13.8 Å². The van der Waals surface area contributed by atoms with Crippen molar-refractivity contribution in [2.75, 3.05) is 26.4 Å². The fourth-order valence-corrected chi connectivity index (χ4v) is 4.13. The fraction of sp³-hybridized carbons (Fsp3) is 0.893. The highest BCUT2D eigenvalue weighted by Crippen LogP contribution is 2.22. The molecule has 1 N–H and O–H groups in total. The minimum Gasteiger partial charge on any atom is -0.464 e. The Labute approximate surface area is 218 Å². The molecule has 1 aliphatic rings. The van der Waals surface area contributed by atoms with Crippen molar-refractivity contribution in [3.63, 3.8) is 0 Å². The Balaban J connectivity index is 1.85. The Morgan fingerprint density at radius 3 is 1.83 bits per heavy atom. The monoisotopic (exact) mass is 513 g/mol. The third kappa shape index (κ3) is 18.6. The first-order valence-electron chi connectivity index (χ1n) is 14.2. The van der Waals surface area contributed by atoms with E-state index in [2.05, 4.69) is 12.2 Å². The Hall–Kier alpha value is -1.67. The van der Waals surface area contributed by atoms with Gasteiger partial charge in [0.1, 0.15) is 19.3 Å². The molecule has 0 aliphatic carbocycles. The second-order valence-electron chi connectivity index (χ2n) is 10.2. The van der Waals surface area contributed by atoms with E-state index >= 15 is 0 Å². The lowest BCUT2D eigenvalue weighted by Gasteiger charge is -2.16. The number of esters is 2.